The molecule has 0 fully saturated rings. The Hall–Kier alpha value is 0.490. The molecule has 0 aliphatic carbocycles. The molecule has 0 spiro atoms. The van der Waals surface area contributed by atoms with Crippen LogP contribution >= 0.6 is 28.8 Å². The molecule has 0 bridgehead atoms. The van der Waals surface area contributed by atoms with Crippen molar-refractivity contribution in [2.24, 2.45) is 0 Å². The first-order valence-electron chi connectivity index (χ1n) is 4.24. The molecule has 15 heavy (non-hydrogen) atoms. The van der Waals surface area contributed by atoms with E-state index >= 15 is 0 Å². The standard InChI is InChI=1S/C9H13O2PS3/c1-10-12(13,11-2)15-8-14-9-6-4-3-5-7-9/h3-7H,8H2,1-2H3. The Kier molecular flexibility index (Phi) is 6.27. The lowest BCUT2D eigenvalue weighted by molar-refractivity contribution is 0.354. The molecule has 6 heteroatoms. The van der Waals surface area contributed by atoms with E-state index in [-0.39, 0.29) is 0 Å². The smallest absolute Gasteiger partial charge is 0.247 e. The van der Waals surface area contributed by atoms with Crippen molar-refractivity contribution in [2.75, 3.05) is 19.3 Å². The van der Waals surface area contributed by atoms with Crippen LogP contribution in [0.3, 0.4) is 0 Å². The molecule has 84 valence electrons. The molecular weight excluding hydrogens is 267 g/mol. The highest BCUT2D eigenvalue weighted by Crippen LogP contribution is 2.60. The largest absolute Gasteiger partial charge is 0.325 e. The Labute approximate surface area is 104 Å². The summed E-state index contributed by atoms with van der Waals surface area (Å²) < 4.78 is 10.4. The predicted octanol–water partition coefficient (Wildman–Crippen LogP) is 3.99. The molecule has 0 aliphatic heterocycles. The molecule has 0 aromatic heterocycles. The van der Waals surface area contributed by atoms with E-state index in [1.165, 1.54) is 4.90 Å². The minimum atomic E-state index is -2.09. The summed E-state index contributed by atoms with van der Waals surface area (Å²) in [5.74, 6) is 0. The third kappa shape index (κ3) is 4.89. The summed E-state index contributed by atoms with van der Waals surface area (Å²) in [5, 5.41) is 0.850. The molecule has 0 heterocycles. The second kappa shape index (κ2) is 6.94. The van der Waals surface area contributed by atoms with Crippen molar-refractivity contribution in [2.45, 2.75) is 4.90 Å². The molecular formula is C9H13O2PS3. The zero-order valence-electron chi connectivity index (χ0n) is 8.58. The Morgan fingerprint density at radius 1 is 1.20 bits per heavy atom. The van der Waals surface area contributed by atoms with Gasteiger partial charge in [0.25, 0.3) is 0 Å². The van der Waals surface area contributed by atoms with Crippen molar-refractivity contribution >= 4 is 40.6 Å². The lowest BCUT2D eigenvalue weighted by Gasteiger charge is -2.15. The second-order valence-corrected chi connectivity index (χ2v) is 10.5. The van der Waals surface area contributed by atoms with Crippen molar-refractivity contribution in [3.63, 3.8) is 0 Å². The molecule has 1 aromatic rings. The van der Waals surface area contributed by atoms with Crippen molar-refractivity contribution in [3.05, 3.63) is 30.3 Å². The molecule has 0 amide bonds. The van der Waals surface area contributed by atoms with Gasteiger partial charge in [-0.1, -0.05) is 29.6 Å². The Balaban J connectivity index is 2.36. The van der Waals surface area contributed by atoms with Gasteiger partial charge in [-0.05, 0) is 23.9 Å². The molecule has 0 aliphatic rings. The van der Waals surface area contributed by atoms with Gasteiger partial charge in [0, 0.05) is 19.1 Å². The van der Waals surface area contributed by atoms with Crippen LogP contribution in [0.2, 0.25) is 0 Å². The highest BCUT2D eigenvalue weighted by Gasteiger charge is 2.15. The van der Waals surface area contributed by atoms with Gasteiger partial charge in [-0.3, -0.25) is 0 Å². The second-order valence-electron chi connectivity index (χ2n) is 2.52. The minimum Gasteiger partial charge on any atom is -0.325 e. The summed E-state index contributed by atoms with van der Waals surface area (Å²) in [7, 11) is 3.20. The van der Waals surface area contributed by atoms with E-state index in [2.05, 4.69) is 12.1 Å². The fraction of sp³-hybridized carbons (Fsp3) is 0.333. The number of hydrogen-bond acceptors (Lipinski definition) is 5. The van der Waals surface area contributed by atoms with Crippen molar-refractivity contribution < 1.29 is 9.05 Å². The Morgan fingerprint density at radius 2 is 1.80 bits per heavy atom. The molecule has 0 unspecified atom stereocenters. The summed E-state index contributed by atoms with van der Waals surface area (Å²) in [5.41, 5.74) is -2.09. The van der Waals surface area contributed by atoms with Gasteiger partial charge in [-0.15, -0.1) is 11.8 Å². The van der Waals surface area contributed by atoms with Gasteiger partial charge in [-0.2, -0.15) is 0 Å². The third-order valence-corrected chi connectivity index (χ3v) is 8.97. The van der Waals surface area contributed by atoms with Gasteiger partial charge in [0.05, 0.1) is 5.08 Å². The number of thioether (sulfide) groups is 1. The van der Waals surface area contributed by atoms with E-state index in [0.717, 1.165) is 5.08 Å². The first-order chi connectivity index (χ1) is 7.20. The van der Waals surface area contributed by atoms with Gasteiger partial charge in [-0.25, -0.2) is 0 Å². The van der Waals surface area contributed by atoms with Crippen LogP contribution in [0.15, 0.2) is 35.2 Å². The van der Waals surface area contributed by atoms with Crippen LogP contribution in [0.25, 0.3) is 0 Å². The topological polar surface area (TPSA) is 18.5 Å². The predicted molar refractivity (Wildman–Crippen MR) is 73.1 cm³/mol. The monoisotopic (exact) mass is 280 g/mol. The highest BCUT2D eigenvalue weighted by molar-refractivity contribution is 8.69. The summed E-state index contributed by atoms with van der Waals surface area (Å²) in [6.07, 6.45) is 0. The van der Waals surface area contributed by atoms with E-state index in [9.17, 15) is 0 Å². The van der Waals surface area contributed by atoms with Crippen LogP contribution in [0.5, 0.6) is 0 Å². The van der Waals surface area contributed by atoms with Crippen molar-refractivity contribution in [1.29, 1.82) is 0 Å². The van der Waals surface area contributed by atoms with Gasteiger partial charge in [0.2, 0.25) is 5.69 Å². The van der Waals surface area contributed by atoms with Crippen molar-refractivity contribution in [3.8, 4) is 0 Å². The fourth-order valence-corrected chi connectivity index (χ4v) is 6.27. The molecule has 0 saturated heterocycles. The normalized spacial score (nSPS) is 11.6. The number of benzene rings is 1. The average Bonchev–Trinajstić information content (AvgIpc) is 2.30. The van der Waals surface area contributed by atoms with Gasteiger partial charge in [0.15, 0.2) is 0 Å². The first kappa shape index (κ1) is 13.6. The summed E-state index contributed by atoms with van der Waals surface area (Å²) in [4.78, 5) is 1.23. The van der Waals surface area contributed by atoms with E-state index in [1.54, 1.807) is 37.4 Å². The maximum Gasteiger partial charge on any atom is 0.247 e. The Bertz CT molecular complexity index is 323. The van der Waals surface area contributed by atoms with E-state index < -0.39 is 5.69 Å². The van der Waals surface area contributed by atoms with Crippen LogP contribution in [0, 0.1) is 0 Å². The van der Waals surface area contributed by atoms with Crippen LogP contribution in [-0.4, -0.2) is 19.3 Å². The molecule has 2 nitrogen and oxygen atoms in total. The Morgan fingerprint density at radius 3 is 2.33 bits per heavy atom. The molecule has 0 N–H and O–H groups in total. The molecule has 1 rings (SSSR count). The summed E-state index contributed by atoms with van der Waals surface area (Å²) in [6, 6.07) is 10.2. The zero-order valence-corrected chi connectivity index (χ0v) is 11.9. The molecule has 0 radical (unpaired) electrons. The molecule has 1 aromatic carbocycles. The minimum absolute atomic E-state index is 0.850. The van der Waals surface area contributed by atoms with Crippen LogP contribution in [0.1, 0.15) is 0 Å². The SMILES string of the molecule is COP(=S)(OC)SCSc1ccccc1. The van der Waals surface area contributed by atoms with Gasteiger partial charge in [0.1, 0.15) is 0 Å². The van der Waals surface area contributed by atoms with E-state index in [0.29, 0.717) is 0 Å². The van der Waals surface area contributed by atoms with E-state index in [1.807, 2.05) is 18.2 Å². The molecule has 0 saturated carbocycles. The molecule has 0 atom stereocenters. The van der Waals surface area contributed by atoms with Gasteiger partial charge < -0.3 is 9.05 Å². The summed E-state index contributed by atoms with van der Waals surface area (Å²) >= 11 is 8.54. The third-order valence-electron chi connectivity index (χ3n) is 1.63. The number of rotatable bonds is 6. The maximum absolute atomic E-state index is 5.24. The van der Waals surface area contributed by atoms with Crippen LogP contribution < -0.4 is 0 Å². The lowest BCUT2D eigenvalue weighted by atomic mass is 10.4. The summed E-state index contributed by atoms with van der Waals surface area (Å²) in [6.45, 7) is 0. The maximum atomic E-state index is 5.24. The quantitative estimate of drug-likeness (QED) is 0.444. The van der Waals surface area contributed by atoms with Crippen LogP contribution in [-0.2, 0) is 20.9 Å². The highest BCUT2D eigenvalue weighted by atomic mass is 32.9. The zero-order chi connectivity index (χ0) is 11.1. The van der Waals surface area contributed by atoms with Crippen molar-refractivity contribution in [1.82, 2.24) is 0 Å². The van der Waals surface area contributed by atoms with E-state index in [4.69, 9.17) is 20.9 Å². The number of hydrogen-bond donors (Lipinski definition) is 0. The fourth-order valence-electron chi connectivity index (χ4n) is 0.856. The first-order valence-corrected chi connectivity index (χ1v) is 9.45. The van der Waals surface area contributed by atoms with Gasteiger partial charge >= 0.3 is 0 Å². The lowest BCUT2D eigenvalue weighted by Crippen LogP contribution is -1.83. The average molecular weight is 280 g/mol. The van der Waals surface area contributed by atoms with Crippen LogP contribution in [0.4, 0.5) is 0 Å².